The first-order valence-electron chi connectivity index (χ1n) is 5.97. The van der Waals surface area contributed by atoms with E-state index < -0.39 is 5.97 Å². The molecule has 1 aromatic heterocycles. The molecule has 1 unspecified atom stereocenters. The summed E-state index contributed by atoms with van der Waals surface area (Å²) in [6.07, 6.45) is 3.30. The summed E-state index contributed by atoms with van der Waals surface area (Å²) < 4.78 is 0. The summed E-state index contributed by atoms with van der Waals surface area (Å²) in [4.78, 5) is 21.6. The third kappa shape index (κ3) is 2.38. The van der Waals surface area contributed by atoms with Crippen molar-refractivity contribution in [2.45, 2.75) is 39.2 Å². The molecule has 1 aliphatic rings. The van der Waals surface area contributed by atoms with E-state index in [4.69, 9.17) is 5.11 Å². The number of hydrogen-bond donors (Lipinski definition) is 1. The monoisotopic (exact) mass is 235 g/mol. The van der Waals surface area contributed by atoms with Gasteiger partial charge in [-0.05, 0) is 32.3 Å². The smallest absolute Gasteiger partial charge is 0.354 e. The summed E-state index contributed by atoms with van der Waals surface area (Å²) >= 11 is 0. The van der Waals surface area contributed by atoms with Crippen molar-refractivity contribution in [2.75, 3.05) is 11.4 Å². The van der Waals surface area contributed by atoms with Crippen molar-refractivity contribution in [1.29, 1.82) is 0 Å². The van der Waals surface area contributed by atoms with Gasteiger partial charge in [0.2, 0.25) is 5.95 Å². The van der Waals surface area contributed by atoms with Gasteiger partial charge in [0.05, 0.1) is 0 Å². The molecule has 0 aromatic carbocycles. The van der Waals surface area contributed by atoms with E-state index in [0.717, 1.165) is 25.8 Å². The molecule has 1 saturated heterocycles. The van der Waals surface area contributed by atoms with Gasteiger partial charge >= 0.3 is 5.97 Å². The van der Waals surface area contributed by atoms with E-state index in [-0.39, 0.29) is 5.69 Å². The van der Waals surface area contributed by atoms with E-state index in [9.17, 15) is 4.79 Å². The summed E-state index contributed by atoms with van der Waals surface area (Å²) in [6.45, 7) is 4.85. The van der Waals surface area contributed by atoms with Crippen LogP contribution in [0.25, 0.3) is 0 Å². The van der Waals surface area contributed by atoms with Gasteiger partial charge in [-0.15, -0.1) is 0 Å². The van der Waals surface area contributed by atoms with Crippen molar-refractivity contribution >= 4 is 11.9 Å². The van der Waals surface area contributed by atoms with Gasteiger partial charge in [-0.25, -0.2) is 14.8 Å². The van der Waals surface area contributed by atoms with Crippen LogP contribution in [0.4, 0.5) is 5.95 Å². The molecular formula is C12H17N3O2. The fourth-order valence-corrected chi connectivity index (χ4v) is 2.31. The predicted octanol–water partition coefficient (Wildman–Crippen LogP) is 1.86. The Labute approximate surface area is 100 Å². The molecule has 1 fully saturated rings. The molecule has 1 aliphatic heterocycles. The van der Waals surface area contributed by atoms with Gasteiger partial charge in [-0.3, -0.25) is 0 Å². The molecule has 17 heavy (non-hydrogen) atoms. The number of carboxylic acids is 1. The lowest BCUT2D eigenvalue weighted by molar-refractivity contribution is 0.0690. The maximum absolute atomic E-state index is 11.0. The fraction of sp³-hybridized carbons (Fsp3) is 0.583. The number of aryl methyl sites for hydroxylation is 1. The number of anilines is 1. The summed E-state index contributed by atoms with van der Waals surface area (Å²) in [7, 11) is 0. The molecule has 2 rings (SSSR count). The van der Waals surface area contributed by atoms with E-state index in [0.29, 0.717) is 17.7 Å². The highest BCUT2D eigenvalue weighted by Crippen LogP contribution is 2.24. The van der Waals surface area contributed by atoms with Crippen molar-refractivity contribution in [3.05, 3.63) is 17.5 Å². The first kappa shape index (κ1) is 11.8. The van der Waals surface area contributed by atoms with E-state index in [1.165, 1.54) is 6.07 Å². The van der Waals surface area contributed by atoms with Crippen LogP contribution >= 0.6 is 0 Å². The topological polar surface area (TPSA) is 66.3 Å². The predicted molar refractivity (Wildman–Crippen MR) is 64.4 cm³/mol. The second-order valence-electron chi connectivity index (χ2n) is 4.40. The van der Waals surface area contributed by atoms with E-state index >= 15 is 0 Å². The fourth-order valence-electron chi connectivity index (χ4n) is 2.31. The SMILES string of the molecule is CCC1CCCN1c1nc(C)cc(C(=O)O)n1. The Hall–Kier alpha value is -1.65. The minimum absolute atomic E-state index is 0.0780. The minimum Gasteiger partial charge on any atom is -0.477 e. The average molecular weight is 235 g/mol. The number of hydrogen-bond acceptors (Lipinski definition) is 4. The molecule has 0 bridgehead atoms. The van der Waals surface area contributed by atoms with E-state index in [1.54, 1.807) is 6.92 Å². The van der Waals surface area contributed by atoms with Crippen LogP contribution in [-0.2, 0) is 0 Å². The Balaban J connectivity index is 2.34. The lowest BCUT2D eigenvalue weighted by Crippen LogP contribution is -2.30. The second kappa shape index (κ2) is 4.69. The lowest BCUT2D eigenvalue weighted by Gasteiger charge is -2.23. The molecule has 92 valence electrons. The molecule has 0 amide bonds. The van der Waals surface area contributed by atoms with Gasteiger partial charge < -0.3 is 10.0 Å². The number of nitrogens with zero attached hydrogens (tertiary/aromatic N) is 3. The van der Waals surface area contributed by atoms with Gasteiger partial charge in [-0.1, -0.05) is 6.92 Å². The van der Waals surface area contributed by atoms with Crippen molar-refractivity contribution in [3.8, 4) is 0 Å². The molecule has 0 saturated carbocycles. The summed E-state index contributed by atoms with van der Waals surface area (Å²) in [5.74, 6) is -0.434. The largest absolute Gasteiger partial charge is 0.477 e. The Morgan fingerprint density at radius 2 is 2.35 bits per heavy atom. The van der Waals surface area contributed by atoms with Crippen LogP contribution in [0.2, 0.25) is 0 Å². The van der Waals surface area contributed by atoms with E-state index in [2.05, 4.69) is 21.8 Å². The molecule has 0 aliphatic carbocycles. The highest BCUT2D eigenvalue weighted by Gasteiger charge is 2.26. The van der Waals surface area contributed by atoms with Crippen LogP contribution in [0.5, 0.6) is 0 Å². The molecule has 0 radical (unpaired) electrons. The van der Waals surface area contributed by atoms with Crippen molar-refractivity contribution in [3.63, 3.8) is 0 Å². The molecule has 1 aromatic rings. The Morgan fingerprint density at radius 1 is 1.59 bits per heavy atom. The van der Waals surface area contributed by atoms with Crippen molar-refractivity contribution in [1.82, 2.24) is 9.97 Å². The number of carbonyl (C=O) groups is 1. The first-order valence-corrected chi connectivity index (χ1v) is 5.97. The average Bonchev–Trinajstić information content (AvgIpc) is 2.76. The zero-order chi connectivity index (χ0) is 12.4. The molecule has 1 N–H and O–H groups in total. The normalized spacial score (nSPS) is 19.6. The van der Waals surface area contributed by atoms with Crippen LogP contribution in [0.1, 0.15) is 42.4 Å². The Morgan fingerprint density at radius 3 is 3.00 bits per heavy atom. The number of rotatable bonds is 3. The highest BCUT2D eigenvalue weighted by molar-refractivity contribution is 5.85. The molecular weight excluding hydrogens is 218 g/mol. The van der Waals surface area contributed by atoms with Crippen LogP contribution < -0.4 is 4.90 Å². The van der Waals surface area contributed by atoms with Gasteiger partial charge in [-0.2, -0.15) is 0 Å². The standard InChI is InChI=1S/C12H17N3O2/c1-3-9-5-4-6-15(9)12-13-8(2)7-10(14-12)11(16)17/h7,9H,3-6H2,1-2H3,(H,16,17). The van der Waals surface area contributed by atoms with Crippen LogP contribution in [-0.4, -0.2) is 33.6 Å². The zero-order valence-electron chi connectivity index (χ0n) is 10.2. The third-order valence-electron chi connectivity index (χ3n) is 3.17. The van der Waals surface area contributed by atoms with Gasteiger partial charge in [0, 0.05) is 18.3 Å². The van der Waals surface area contributed by atoms with Crippen LogP contribution in [0.15, 0.2) is 6.07 Å². The Kier molecular flexibility index (Phi) is 3.26. The van der Waals surface area contributed by atoms with Crippen molar-refractivity contribution < 1.29 is 9.90 Å². The number of carboxylic acid groups (broad SMARTS) is 1. The minimum atomic E-state index is -0.996. The lowest BCUT2D eigenvalue weighted by atomic mass is 10.2. The Bertz CT molecular complexity index is 434. The van der Waals surface area contributed by atoms with Crippen LogP contribution in [0, 0.1) is 6.92 Å². The van der Waals surface area contributed by atoms with Gasteiger partial charge in [0.25, 0.3) is 0 Å². The zero-order valence-corrected chi connectivity index (χ0v) is 10.2. The van der Waals surface area contributed by atoms with Gasteiger partial charge in [0.1, 0.15) is 0 Å². The molecule has 2 heterocycles. The molecule has 0 spiro atoms. The highest BCUT2D eigenvalue weighted by atomic mass is 16.4. The summed E-state index contributed by atoms with van der Waals surface area (Å²) in [5.41, 5.74) is 0.781. The van der Waals surface area contributed by atoms with Crippen molar-refractivity contribution in [2.24, 2.45) is 0 Å². The molecule has 5 heteroatoms. The quantitative estimate of drug-likeness (QED) is 0.866. The number of aromatic carboxylic acids is 1. The second-order valence-corrected chi connectivity index (χ2v) is 4.40. The van der Waals surface area contributed by atoms with E-state index in [1.807, 2.05) is 0 Å². The summed E-state index contributed by atoms with van der Waals surface area (Å²) in [5, 5.41) is 8.99. The summed E-state index contributed by atoms with van der Waals surface area (Å²) in [6, 6.07) is 1.95. The maximum atomic E-state index is 11.0. The third-order valence-corrected chi connectivity index (χ3v) is 3.17. The maximum Gasteiger partial charge on any atom is 0.354 e. The molecule has 1 atom stereocenters. The van der Waals surface area contributed by atoms with Crippen LogP contribution in [0.3, 0.4) is 0 Å². The first-order chi connectivity index (χ1) is 8.11. The number of aromatic nitrogens is 2. The molecule has 5 nitrogen and oxygen atoms in total. The van der Waals surface area contributed by atoms with Gasteiger partial charge in [0.15, 0.2) is 5.69 Å².